The molecule has 2 aromatic rings. The second-order valence-electron chi connectivity index (χ2n) is 4.98. The Morgan fingerprint density at radius 2 is 2.00 bits per heavy atom. The van der Waals surface area contributed by atoms with Crippen LogP contribution in [0.25, 0.3) is 5.69 Å². The van der Waals surface area contributed by atoms with Crippen molar-refractivity contribution in [2.24, 2.45) is 5.73 Å². The van der Waals surface area contributed by atoms with Crippen LogP contribution in [0, 0.1) is 0 Å². The van der Waals surface area contributed by atoms with Crippen molar-refractivity contribution in [1.82, 2.24) is 14.8 Å². The summed E-state index contributed by atoms with van der Waals surface area (Å²) in [6.45, 7) is 6.27. The summed E-state index contributed by atoms with van der Waals surface area (Å²) in [6, 6.07) is 4.44. The van der Waals surface area contributed by atoms with E-state index in [-0.39, 0.29) is 6.04 Å². The van der Waals surface area contributed by atoms with Gasteiger partial charge in [0.2, 0.25) is 0 Å². The van der Waals surface area contributed by atoms with E-state index in [4.69, 9.17) is 5.73 Å². The molecule has 2 N–H and O–H groups in total. The van der Waals surface area contributed by atoms with E-state index in [1.165, 1.54) is 5.69 Å². The van der Waals surface area contributed by atoms with E-state index >= 15 is 0 Å². The zero-order valence-corrected chi connectivity index (χ0v) is 11.9. The van der Waals surface area contributed by atoms with E-state index in [9.17, 15) is 0 Å². The highest BCUT2D eigenvalue weighted by Gasteiger charge is 2.08. The van der Waals surface area contributed by atoms with Crippen molar-refractivity contribution in [2.75, 3.05) is 0 Å². The molecule has 0 bridgehead atoms. The molecule has 1 unspecified atom stereocenters. The monoisotopic (exact) mass is 258 g/mol. The van der Waals surface area contributed by atoms with Gasteiger partial charge in [0.05, 0.1) is 17.6 Å². The van der Waals surface area contributed by atoms with E-state index in [2.05, 4.69) is 36.1 Å². The lowest BCUT2D eigenvalue weighted by Crippen LogP contribution is -2.18. The van der Waals surface area contributed by atoms with Crippen molar-refractivity contribution in [3.8, 4) is 5.69 Å². The third-order valence-electron chi connectivity index (χ3n) is 3.14. The van der Waals surface area contributed by atoms with Crippen LogP contribution in [-0.2, 0) is 19.3 Å². The van der Waals surface area contributed by atoms with Crippen LogP contribution in [0.4, 0.5) is 0 Å². The molecule has 0 aliphatic heterocycles. The fourth-order valence-electron chi connectivity index (χ4n) is 2.20. The quantitative estimate of drug-likeness (QED) is 0.895. The van der Waals surface area contributed by atoms with Gasteiger partial charge in [-0.1, -0.05) is 13.8 Å². The van der Waals surface area contributed by atoms with Gasteiger partial charge >= 0.3 is 0 Å². The number of nitrogens with zero attached hydrogens (tertiary/aromatic N) is 3. The molecule has 102 valence electrons. The Labute approximate surface area is 114 Å². The molecule has 0 saturated heterocycles. The van der Waals surface area contributed by atoms with Gasteiger partial charge in [-0.3, -0.25) is 4.98 Å². The Morgan fingerprint density at radius 3 is 2.63 bits per heavy atom. The fourth-order valence-corrected chi connectivity index (χ4v) is 2.20. The van der Waals surface area contributed by atoms with Crippen LogP contribution >= 0.6 is 0 Å². The highest BCUT2D eigenvalue weighted by molar-refractivity contribution is 5.34. The second-order valence-corrected chi connectivity index (χ2v) is 4.98. The van der Waals surface area contributed by atoms with Crippen LogP contribution in [0.15, 0.2) is 24.5 Å². The summed E-state index contributed by atoms with van der Waals surface area (Å²) in [7, 11) is 0. The van der Waals surface area contributed by atoms with Crippen molar-refractivity contribution in [1.29, 1.82) is 0 Å². The Kier molecular flexibility index (Phi) is 4.32. The van der Waals surface area contributed by atoms with Crippen molar-refractivity contribution in [3.63, 3.8) is 0 Å². The minimum atomic E-state index is 0.145. The summed E-state index contributed by atoms with van der Waals surface area (Å²) in [4.78, 5) is 4.31. The summed E-state index contributed by atoms with van der Waals surface area (Å²) < 4.78 is 2.00. The molecule has 0 amide bonds. The minimum Gasteiger partial charge on any atom is -0.328 e. The van der Waals surface area contributed by atoms with Crippen LogP contribution in [0.5, 0.6) is 0 Å². The number of hydrogen-bond acceptors (Lipinski definition) is 3. The standard InChI is InChI=1S/C15H22N4/c1-4-13-8-14(5-2)19(18-13)15-7-12(6-11(3)16)9-17-10-15/h7-11H,4-6,16H2,1-3H3. The van der Waals surface area contributed by atoms with Crippen molar-refractivity contribution >= 4 is 0 Å². The first-order valence-corrected chi connectivity index (χ1v) is 6.91. The first-order chi connectivity index (χ1) is 9.13. The van der Waals surface area contributed by atoms with Gasteiger partial charge in [0, 0.05) is 17.9 Å². The third-order valence-corrected chi connectivity index (χ3v) is 3.14. The van der Waals surface area contributed by atoms with Crippen molar-refractivity contribution in [3.05, 3.63) is 41.5 Å². The first kappa shape index (κ1) is 13.7. The Morgan fingerprint density at radius 1 is 1.21 bits per heavy atom. The molecular formula is C15H22N4. The summed E-state index contributed by atoms with van der Waals surface area (Å²) in [5, 5.41) is 4.64. The fraction of sp³-hybridized carbons (Fsp3) is 0.467. The number of aryl methyl sites for hydroxylation is 2. The molecule has 0 spiro atoms. The predicted molar refractivity (Wildman–Crippen MR) is 77.5 cm³/mol. The number of nitrogens with two attached hydrogens (primary N) is 1. The average Bonchev–Trinajstić information content (AvgIpc) is 2.81. The molecule has 4 heteroatoms. The topological polar surface area (TPSA) is 56.7 Å². The molecule has 0 aromatic carbocycles. The summed E-state index contributed by atoms with van der Waals surface area (Å²) in [6.07, 6.45) is 6.49. The number of pyridine rings is 1. The van der Waals surface area contributed by atoms with E-state index in [0.717, 1.165) is 36.2 Å². The van der Waals surface area contributed by atoms with Gasteiger partial charge in [-0.05, 0) is 43.9 Å². The van der Waals surface area contributed by atoms with Gasteiger partial charge in [-0.15, -0.1) is 0 Å². The molecule has 0 fully saturated rings. The van der Waals surface area contributed by atoms with Gasteiger partial charge in [-0.2, -0.15) is 5.10 Å². The zero-order chi connectivity index (χ0) is 13.8. The van der Waals surface area contributed by atoms with Gasteiger partial charge < -0.3 is 5.73 Å². The van der Waals surface area contributed by atoms with Crippen LogP contribution in [-0.4, -0.2) is 20.8 Å². The normalized spacial score (nSPS) is 12.6. The first-order valence-electron chi connectivity index (χ1n) is 6.91. The smallest absolute Gasteiger partial charge is 0.0834 e. The Bertz CT molecular complexity index is 543. The minimum absolute atomic E-state index is 0.145. The molecule has 2 rings (SSSR count). The largest absolute Gasteiger partial charge is 0.328 e. The second kappa shape index (κ2) is 5.97. The SMILES string of the molecule is CCc1cc(CC)n(-c2cncc(CC(C)N)c2)n1. The van der Waals surface area contributed by atoms with E-state index < -0.39 is 0 Å². The van der Waals surface area contributed by atoms with Crippen LogP contribution in [0.2, 0.25) is 0 Å². The Hall–Kier alpha value is -1.68. The molecule has 2 aromatic heterocycles. The maximum absolute atomic E-state index is 5.84. The van der Waals surface area contributed by atoms with Crippen molar-refractivity contribution < 1.29 is 0 Å². The van der Waals surface area contributed by atoms with Crippen LogP contribution < -0.4 is 5.73 Å². The van der Waals surface area contributed by atoms with Gasteiger partial charge in [0.15, 0.2) is 0 Å². The summed E-state index contributed by atoms with van der Waals surface area (Å²) in [5.74, 6) is 0. The maximum Gasteiger partial charge on any atom is 0.0834 e. The predicted octanol–water partition coefficient (Wildman–Crippen LogP) is 2.28. The summed E-state index contributed by atoms with van der Waals surface area (Å²) >= 11 is 0. The average molecular weight is 258 g/mol. The lowest BCUT2D eigenvalue weighted by molar-refractivity contribution is 0.731. The van der Waals surface area contributed by atoms with Gasteiger partial charge in [-0.25, -0.2) is 4.68 Å². The highest BCUT2D eigenvalue weighted by atomic mass is 15.3. The molecule has 19 heavy (non-hydrogen) atoms. The van der Waals surface area contributed by atoms with Crippen LogP contribution in [0.1, 0.15) is 37.7 Å². The van der Waals surface area contributed by atoms with Crippen LogP contribution in [0.3, 0.4) is 0 Å². The molecule has 2 heterocycles. The van der Waals surface area contributed by atoms with E-state index in [0.29, 0.717) is 0 Å². The van der Waals surface area contributed by atoms with Gasteiger partial charge in [0.1, 0.15) is 0 Å². The number of hydrogen-bond donors (Lipinski definition) is 1. The number of rotatable bonds is 5. The molecule has 0 radical (unpaired) electrons. The molecular weight excluding hydrogens is 236 g/mol. The maximum atomic E-state index is 5.84. The Balaban J connectivity index is 2.38. The molecule has 0 aliphatic carbocycles. The third kappa shape index (κ3) is 3.20. The molecule has 0 aliphatic rings. The molecule has 0 saturated carbocycles. The highest BCUT2D eigenvalue weighted by Crippen LogP contribution is 2.15. The summed E-state index contributed by atoms with van der Waals surface area (Å²) in [5.41, 5.74) is 10.4. The molecule has 1 atom stereocenters. The number of aromatic nitrogens is 3. The lowest BCUT2D eigenvalue weighted by Gasteiger charge is -2.09. The van der Waals surface area contributed by atoms with Gasteiger partial charge in [0.25, 0.3) is 0 Å². The van der Waals surface area contributed by atoms with E-state index in [1.54, 1.807) is 0 Å². The van der Waals surface area contributed by atoms with E-state index in [1.807, 2.05) is 24.0 Å². The lowest BCUT2D eigenvalue weighted by atomic mass is 10.1. The van der Waals surface area contributed by atoms with Crippen molar-refractivity contribution in [2.45, 2.75) is 46.1 Å². The molecule has 4 nitrogen and oxygen atoms in total. The zero-order valence-electron chi connectivity index (χ0n) is 11.9.